The van der Waals surface area contributed by atoms with Gasteiger partial charge in [0, 0.05) is 19.0 Å². The summed E-state index contributed by atoms with van der Waals surface area (Å²) in [5, 5.41) is 3.09. The second kappa shape index (κ2) is 6.80. The number of rotatable bonds is 3. The first-order valence-electron chi connectivity index (χ1n) is 7.67. The largest absolute Gasteiger partial charge is 0.324 e. The van der Waals surface area contributed by atoms with Gasteiger partial charge in [0.15, 0.2) is 0 Å². The third-order valence-electron chi connectivity index (χ3n) is 4.08. The van der Waals surface area contributed by atoms with Gasteiger partial charge in [-0.25, -0.2) is 8.78 Å². The lowest BCUT2D eigenvalue weighted by Crippen LogP contribution is -2.28. The van der Waals surface area contributed by atoms with Crippen molar-refractivity contribution >= 4 is 34.8 Å². The van der Waals surface area contributed by atoms with Crippen LogP contribution in [-0.2, 0) is 9.59 Å². The molecule has 1 fully saturated rings. The van der Waals surface area contributed by atoms with Gasteiger partial charge in [-0.3, -0.25) is 9.59 Å². The number of nitrogens with one attached hydrogen (secondary N) is 1. The van der Waals surface area contributed by atoms with Crippen LogP contribution in [0.5, 0.6) is 0 Å². The third-order valence-corrected chi connectivity index (χ3v) is 4.39. The molecular formula is C18H15ClF2N2O2. The molecule has 2 aromatic carbocycles. The summed E-state index contributed by atoms with van der Waals surface area (Å²) >= 11 is 6.09. The molecule has 0 aliphatic carbocycles. The van der Waals surface area contributed by atoms with Crippen LogP contribution < -0.4 is 10.2 Å². The number of halogens is 3. The maximum absolute atomic E-state index is 13.9. The molecule has 1 heterocycles. The van der Waals surface area contributed by atoms with E-state index in [2.05, 4.69) is 5.32 Å². The van der Waals surface area contributed by atoms with E-state index in [1.807, 2.05) is 13.0 Å². The summed E-state index contributed by atoms with van der Waals surface area (Å²) in [6.45, 7) is 1.90. The molecular weight excluding hydrogens is 350 g/mol. The number of carbonyl (C=O) groups is 2. The summed E-state index contributed by atoms with van der Waals surface area (Å²) in [6, 6.07) is 8.19. The van der Waals surface area contributed by atoms with Crippen LogP contribution in [0.2, 0.25) is 5.02 Å². The van der Waals surface area contributed by atoms with Crippen LogP contribution in [0.15, 0.2) is 36.4 Å². The number of carbonyl (C=O) groups excluding carboxylic acids is 2. The maximum atomic E-state index is 13.9. The Morgan fingerprint density at radius 3 is 2.68 bits per heavy atom. The molecule has 7 heteroatoms. The van der Waals surface area contributed by atoms with Crippen LogP contribution in [0, 0.1) is 24.5 Å². The summed E-state index contributed by atoms with van der Waals surface area (Å²) in [6.07, 6.45) is -0.0495. The van der Waals surface area contributed by atoms with Gasteiger partial charge in [0.2, 0.25) is 11.8 Å². The molecule has 1 unspecified atom stereocenters. The van der Waals surface area contributed by atoms with E-state index in [1.165, 1.54) is 6.07 Å². The Kier molecular flexibility index (Phi) is 4.72. The highest BCUT2D eigenvalue weighted by molar-refractivity contribution is 6.33. The van der Waals surface area contributed by atoms with Gasteiger partial charge < -0.3 is 10.2 Å². The quantitative estimate of drug-likeness (QED) is 0.897. The van der Waals surface area contributed by atoms with E-state index < -0.39 is 17.6 Å². The summed E-state index contributed by atoms with van der Waals surface area (Å²) < 4.78 is 26.9. The molecule has 0 saturated carbocycles. The highest BCUT2D eigenvalue weighted by Crippen LogP contribution is 2.29. The van der Waals surface area contributed by atoms with E-state index in [-0.39, 0.29) is 30.5 Å². The monoisotopic (exact) mass is 364 g/mol. The Hall–Kier alpha value is -2.47. The van der Waals surface area contributed by atoms with Crippen molar-refractivity contribution < 1.29 is 18.4 Å². The first-order chi connectivity index (χ1) is 11.8. The zero-order valence-corrected chi connectivity index (χ0v) is 14.1. The molecule has 1 aliphatic heterocycles. The molecule has 1 N–H and O–H groups in total. The van der Waals surface area contributed by atoms with Gasteiger partial charge in [0.05, 0.1) is 22.3 Å². The predicted molar refractivity (Wildman–Crippen MR) is 91.6 cm³/mol. The number of amides is 2. The second-order valence-electron chi connectivity index (χ2n) is 5.97. The zero-order chi connectivity index (χ0) is 18.1. The lowest BCUT2D eigenvalue weighted by atomic mass is 10.1. The number of anilines is 2. The van der Waals surface area contributed by atoms with Crippen molar-refractivity contribution in [2.75, 3.05) is 16.8 Å². The SMILES string of the molecule is Cc1ccc(NC(=O)C2CC(=O)N(c3ccc(F)cc3F)C2)c(Cl)c1. The Morgan fingerprint density at radius 1 is 1.24 bits per heavy atom. The van der Waals surface area contributed by atoms with Crippen molar-refractivity contribution in [3.63, 3.8) is 0 Å². The summed E-state index contributed by atoms with van der Waals surface area (Å²) in [5.41, 5.74) is 1.38. The minimum Gasteiger partial charge on any atom is -0.324 e. The summed E-state index contributed by atoms with van der Waals surface area (Å²) in [5.74, 6) is -2.97. The van der Waals surface area contributed by atoms with E-state index in [0.717, 1.165) is 16.5 Å². The molecule has 25 heavy (non-hydrogen) atoms. The Bertz CT molecular complexity index is 857. The van der Waals surface area contributed by atoms with Crippen molar-refractivity contribution in [3.05, 3.63) is 58.6 Å². The minimum absolute atomic E-state index is 0.0245. The van der Waals surface area contributed by atoms with Gasteiger partial charge in [0.1, 0.15) is 11.6 Å². The Labute approximate surface area is 148 Å². The van der Waals surface area contributed by atoms with Crippen molar-refractivity contribution in [2.45, 2.75) is 13.3 Å². The van der Waals surface area contributed by atoms with E-state index >= 15 is 0 Å². The van der Waals surface area contributed by atoms with Crippen molar-refractivity contribution in [3.8, 4) is 0 Å². The van der Waals surface area contributed by atoms with Gasteiger partial charge in [-0.1, -0.05) is 17.7 Å². The molecule has 4 nitrogen and oxygen atoms in total. The van der Waals surface area contributed by atoms with Crippen LogP contribution in [0.4, 0.5) is 20.2 Å². The van der Waals surface area contributed by atoms with Crippen LogP contribution in [0.3, 0.4) is 0 Å². The third kappa shape index (κ3) is 3.64. The average molecular weight is 365 g/mol. The lowest BCUT2D eigenvalue weighted by Gasteiger charge is -2.17. The predicted octanol–water partition coefficient (Wildman–Crippen LogP) is 3.92. The fourth-order valence-corrected chi connectivity index (χ4v) is 3.05. The molecule has 3 rings (SSSR count). The summed E-state index contributed by atoms with van der Waals surface area (Å²) in [4.78, 5) is 25.7. The standard InChI is InChI=1S/C18H15ClF2N2O2/c1-10-2-4-15(13(19)6-10)22-18(25)11-7-17(24)23(9-11)16-5-3-12(20)8-14(16)21/h2-6,8,11H,7,9H2,1H3,(H,22,25). The zero-order valence-electron chi connectivity index (χ0n) is 13.4. The number of nitrogens with zero attached hydrogens (tertiary/aromatic N) is 1. The fraction of sp³-hybridized carbons (Fsp3) is 0.222. The fourth-order valence-electron chi connectivity index (χ4n) is 2.77. The Morgan fingerprint density at radius 2 is 2.00 bits per heavy atom. The topological polar surface area (TPSA) is 49.4 Å². The smallest absolute Gasteiger partial charge is 0.229 e. The molecule has 2 amide bonds. The number of hydrogen-bond donors (Lipinski definition) is 1. The van der Waals surface area contributed by atoms with Gasteiger partial charge in [-0.15, -0.1) is 0 Å². The molecule has 0 aromatic heterocycles. The lowest BCUT2D eigenvalue weighted by molar-refractivity contribution is -0.122. The molecule has 2 aromatic rings. The van der Waals surface area contributed by atoms with Crippen molar-refractivity contribution in [1.29, 1.82) is 0 Å². The van der Waals surface area contributed by atoms with Gasteiger partial charge in [-0.2, -0.15) is 0 Å². The molecule has 0 bridgehead atoms. The molecule has 1 saturated heterocycles. The van der Waals surface area contributed by atoms with E-state index in [0.29, 0.717) is 16.8 Å². The van der Waals surface area contributed by atoms with Crippen LogP contribution in [-0.4, -0.2) is 18.4 Å². The number of benzene rings is 2. The molecule has 1 atom stereocenters. The van der Waals surface area contributed by atoms with E-state index in [9.17, 15) is 18.4 Å². The maximum Gasteiger partial charge on any atom is 0.229 e. The second-order valence-corrected chi connectivity index (χ2v) is 6.38. The number of aryl methyl sites for hydroxylation is 1. The highest BCUT2D eigenvalue weighted by Gasteiger charge is 2.36. The van der Waals surface area contributed by atoms with Gasteiger partial charge in [0.25, 0.3) is 0 Å². The summed E-state index contributed by atoms with van der Waals surface area (Å²) in [7, 11) is 0. The van der Waals surface area contributed by atoms with Gasteiger partial charge >= 0.3 is 0 Å². The first kappa shape index (κ1) is 17.4. The van der Waals surface area contributed by atoms with Crippen LogP contribution >= 0.6 is 11.6 Å². The first-order valence-corrected chi connectivity index (χ1v) is 8.05. The number of hydrogen-bond acceptors (Lipinski definition) is 2. The van der Waals surface area contributed by atoms with Gasteiger partial charge in [-0.05, 0) is 36.8 Å². The Balaban J connectivity index is 1.74. The van der Waals surface area contributed by atoms with Crippen molar-refractivity contribution in [2.24, 2.45) is 5.92 Å². The highest BCUT2D eigenvalue weighted by atomic mass is 35.5. The molecule has 0 spiro atoms. The van der Waals surface area contributed by atoms with E-state index in [1.54, 1.807) is 12.1 Å². The normalized spacial score (nSPS) is 17.0. The van der Waals surface area contributed by atoms with Crippen LogP contribution in [0.25, 0.3) is 0 Å². The molecule has 0 radical (unpaired) electrons. The minimum atomic E-state index is -0.837. The van der Waals surface area contributed by atoms with E-state index in [4.69, 9.17) is 11.6 Å². The average Bonchev–Trinajstić information content (AvgIpc) is 2.92. The van der Waals surface area contributed by atoms with Crippen molar-refractivity contribution in [1.82, 2.24) is 0 Å². The van der Waals surface area contributed by atoms with Crippen LogP contribution in [0.1, 0.15) is 12.0 Å². The molecule has 1 aliphatic rings. The molecule has 130 valence electrons.